The van der Waals surface area contributed by atoms with Crippen LogP contribution in [-0.2, 0) is 6.54 Å². The number of nitrogens with zero attached hydrogens (tertiary/aromatic N) is 7. The lowest BCUT2D eigenvalue weighted by Crippen LogP contribution is -2.59. The Hall–Kier alpha value is -3.50. The van der Waals surface area contributed by atoms with Crippen molar-refractivity contribution in [3.8, 4) is 0 Å². The van der Waals surface area contributed by atoms with Crippen LogP contribution in [0, 0.1) is 11.2 Å². The average Bonchev–Trinajstić information content (AvgIpc) is 3.50. The smallest absolute Gasteiger partial charge is 0.167 e. The third kappa shape index (κ3) is 6.70. The second-order valence-electron chi connectivity index (χ2n) is 11.3. The van der Waals surface area contributed by atoms with E-state index in [4.69, 9.17) is 0 Å². The van der Waals surface area contributed by atoms with Crippen molar-refractivity contribution in [2.75, 3.05) is 62.7 Å². The third-order valence-electron chi connectivity index (χ3n) is 8.56. The highest BCUT2D eigenvalue weighted by Gasteiger charge is 2.43. The van der Waals surface area contributed by atoms with Crippen molar-refractivity contribution in [3.63, 3.8) is 0 Å². The molecular formula is C31H40F2N8. The summed E-state index contributed by atoms with van der Waals surface area (Å²) in [6, 6.07) is 6.93. The Labute approximate surface area is 241 Å². The number of aromatic nitrogens is 1. The molecule has 41 heavy (non-hydrogen) atoms. The molecule has 3 aliphatic rings. The molecule has 0 aliphatic carbocycles. The maximum Gasteiger partial charge on any atom is 0.167 e. The summed E-state index contributed by atoms with van der Waals surface area (Å²) in [7, 11) is 0. The summed E-state index contributed by atoms with van der Waals surface area (Å²) in [6.07, 6.45) is 7.39. The summed E-state index contributed by atoms with van der Waals surface area (Å²) in [6.45, 7) is 17.5. The molecule has 2 aromatic rings. The number of nitrogens with one attached hydrogen (secondary N) is 1. The van der Waals surface area contributed by atoms with Crippen molar-refractivity contribution >= 4 is 36.3 Å². The molecule has 0 amide bonds. The number of anilines is 2. The number of pyridine rings is 1. The number of likely N-dealkylation sites (tertiary alicyclic amines) is 2. The van der Waals surface area contributed by atoms with Crippen LogP contribution in [0.2, 0.25) is 0 Å². The van der Waals surface area contributed by atoms with Crippen molar-refractivity contribution in [2.24, 2.45) is 20.4 Å². The predicted octanol–water partition coefficient (Wildman–Crippen LogP) is 5.44. The van der Waals surface area contributed by atoms with E-state index in [0.717, 1.165) is 63.9 Å². The summed E-state index contributed by atoms with van der Waals surface area (Å²) in [5, 5.41) is 3.13. The molecule has 0 unspecified atom stereocenters. The first-order valence-electron chi connectivity index (χ1n) is 14.5. The molecule has 3 fully saturated rings. The van der Waals surface area contributed by atoms with E-state index in [2.05, 4.69) is 61.5 Å². The Morgan fingerprint density at radius 2 is 1.85 bits per heavy atom. The first-order valence-corrected chi connectivity index (χ1v) is 14.5. The number of hydrogen-bond acceptors (Lipinski definition) is 8. The largest absolute Gasteiger partial charge is 0.370 e. The zero-order valence-corrected chi connectivity index (χ0v) is 24.0. The van der Waals surface area contributed by atoms with Crippen LogP contribution in [0.25, 0.3) is 0 Å². The fourth-order valence-corrected chi connectivity index (χ4v) is 6.23. The van der Waals surface area contributed by atoms with Gasteiger partial charge in [0, 0.05) is 44.5 Å². The number of rotatable bonds is 11. The first-order chi connectivity index (χ1) is 19.9. The Bertz CT molecular complexity index is 1280. The molecule has 1 spiro atoms. The lowest BCUT2D eigenvalue weighted by molar-refractivity contribution is -0.0447. The molecule has 10 heteroatoms. The Balaban J connectivity index is 1.23. The van der Waals surface area contributed by atoms with Gasteiger partial charge in [-0.1, -0.05) is 13.0 Å². The van der Waals surface area contributed by atoms with Crippen LogP contribution in [0.5, 0.6) is 0 Å². The molecule has 1 aromatic heterocycles. The van der Waals surface area contributed by atoms with Gasteiger partial charge in [-0.3, -0.25) is 19.9 Å². The van der Waals surface area contributed by atoms with Gasteiger partial charge in [0.25, 0.3) is 0 Å². The number of aliphatic imine (C=N–C) groups is 3. The van der Waals surface area contributed by atoms with E-state index in [1.807, 2.05) is 17.2 Å². The van der Waals surface area contributed by atoms with Crippen LogP contribution in [0.15, 0.2) is 57.5 Å². The van der Waals surface area contributed by atoms with Gasteiger partial charge >= 0.3 is 0 Å². The number of hydrogen-bond donors (Lipinski definition) is 1. The Kier molecular flexibility index (Phi) is 9.19. The topological polar surface area (TPSA) is 71.7 Å². The van der Waals surface area contributed by atoms with Crippen LogP contribution in [0.4, 0.5) is 26.0 Å². The van der Waals surface area contributed by atoms with Crippen molar-refractivity contribution in [3.05, 3.63) is 59.4 Å². The second-order valence-corrected chi connectivity index (χ2v) is 11.3. The van der Waals surface area contributed by atoms with Crippen LogP contribution in [0.3, 0.4) is 0 Å². The lowest BCUT2D eigenvalue weighted by atomic mass is 9.72. The van der Waals surface area contributed by atoms with Gasteiger partial charge in [0.05, 0.1) is 11.9 Å². The molecule has 218 valence electrons. The fraction of sp³-hybridized carbons (Fsp3) is 0.484. The van der Waals surface area contributed by atoms with Gasteiger partial charge in [0.2, 0.25) is 0 Å². The normalized spacial score (nSPS) is 19.8. The number of piperidine rings is 1. The molecule has 4 heterocycles. The minimum atomic E-state index is -0.705. The van der Waals surface area contributed by atoms with Gasteiger partial charge in [0.15, 0.2) is 11.6 Å². The van der Waals surface area contributed by atoms with Crippen molar-refractivity contribution < 1.29 is 8.78 Å². The van der Waals surface area contributed by atoms with Crippen LogP contribution >= 0.6 is 0 Å². The molecule has 0 atom stereocenters. The van der Waals surface area contributed by atoms with E-state index < -0.39 is 11.6 Å². The van der Waals surface area contributed by atoms with E-state index >= 15 is 8.78 Å². The van der Waals surface area contributed by atoms with E-state index in [9.17, 15) is 0 Å². The van der Waals surface area contributed by atoms with E-state index in [1.54, 1.807) is 6.07 Å². The summed E-state index contributed by atoms with van der Waals surface area (Å²) >= 11 is 0. The SMILES string of the molecule is C=N/C=C(F)\C(=N/CNc1ccc(CN2CCC3(CC2)CN(CC)C3)cn1)c1cc(F)c(N=C)c(N2CCCC2)c1. The molecule has 8 nitrogen and oxygen atoms in total. The molecule has 0 saturated carbocycles. The van der Waals surface area contributed by atoms with Gasteiger partial charge < -0.3 is 15.1 Å². The van der Waals surface area contributed by atoms with Crippen LogP contribution in [0.1, 0.15) is 43.7 Å². The Morgan fingerprint density at radius 1 is 1.10 bits per heavy atom. The van der Waals surface area contributed by atoms with Crippen molar-refractivity contribution in [1.82, 2.24) is 14.8 Å². The van der Waals surface area contributed by atoms with Crippen molar-refractivity contribution in [2.45, 2.75) is 39.2 Å². The number of allylic oxidation sites excluding steroid dienone is 1. The third-order valence-corrected chi connectivity index (χ3v) is 8.56. The molecular weight excluding hydrogens is 522 g/mol. The summed E-state index contributed by atoms with van der Waals surface area (Å²) in [5.41, 5.74) is 2.73. The molecule has 5 rings (SSSR count). The maximum atomic E-state index is 15.1. The van der Waals surface area contributed by atoms with Gasteiger partial charge in [-0.15, -0.1) is 0 Å². The lowest BCUT2D eigenvalue weighted by Gasteiger charge is -2.54. The molecule has 1 aromatic carbocycles. The average molecular weight is 563 g/mol. The van der Waals surface area contributed by atoms with Crippen LogP contribution in [-0.4, -0.2) is 86.4 Å². The summed E-state index contributed by atoms with van der Waals surface area (Å²) in [4.78, 5) is 23.5. The van der Waals surface area contributed by atoms with E-state index in [-0.39, 0.29) is 18.1 Å². The summed E-state index contributed by atoms with van der Waals surface area (Å²) < 4.78 is 30.1. The summed E-state index contributed by atoms with van der Waals surface area (Å²) in [5.74, 6) is -0.648. The Morgan fingerprint density at radius 3 is 2.49 bits per heavy atom. The molecule has 3 saturated heterocycles. The molecule has 1 N–H and O–H groups in total. The van der Waals surface area contributed by atoms with Crippen LogP contribution < -0.4 is 10.2 Å². The number of halogens is 2. The fourth-order valence-electron chi connectivity index (χ4n) is 6.23. The highest BCUT2D eigenvalue weighted by atomic mass is 19.1. The monoisotopic (exact) mass is 562 g/mol. The highest BCUT2D eigenvalue weighted by molar-refractivity contribution is 6.12. The van der Waals surface area contributed by atoms with Gasteiger partial charge in [-0.05, 0) is 87.9 Å². The quantitative estimate of drug-likeness (QED) is 0.369. The molecule has 0 bridgehead atoms. The number of benzene rings is 1. The van der Waals surface area contributed by atoms with Crippen molar-refractivity contribution in [1.29, 1.82) is 0 Å². The minimum absolute atomic E-state index is 0.0205. The zero-order valence-electron chi connectivity index (χ0n) is 24.0. The van der Waals surface area contributed by atoms with Gasteiger partial charge in [-0.2, -0.15) is 0 Å². The maximum absolute atomic E-state index is 15.1. The van der Waals surface area contributed by atoms with E-state index in [0.29, 0.717) is 22.5 Å². The first kappa shape index (κ1) is 29.0. The highest BCUT2D eigenvalue weighted by Crippen LogP contribution is 2.40. The standard InChI is InChI=1S/C31H40F2N8/c1-4-39-20-31(21-39)9-13-40(14-10-31)19-23-7-8-28(36-17-23)37-22-38-29(26(33)18-34-2)24-15-25(32)30(35-3)27(16-24)41-11-5-6-12-41/h7-8,15-18H,2-6,9-14,19-22H2,1H3,(H,36,37)/b26-18+,38-29-. The predicted molar refractivity (Wildman–Crippen MR) is 164 cm³/mol. The second kappa shape index (κ2) is 13.0. The molecule has 3 aliphatic heterocycles. The minimum Gasteiger partial charge on any atom is -0.370 e. The van der Waals surface area contributed by atoms with Gasteiger partial charge in [-0.25, -0.2) is 13.8 Å². The van der Waals surface area contributed by atoms with Gasteiger partial charge in [0.1, 0.15) is 23.9 Å². The van der Waals surface area contributed by atoms with E-state index in [1.165, 1.54) is 32.0 Å². The molecule has 0 radical (unpaired) electrons. The zero-order chi connectivity index (χ0) is 28.8.